The van der Waals surface area contributed by atoms with Gasteiger partial charge in [0.15, 0.2) is 0 Å². The molecule has 43 heavy (non-hydrogen) atoms. The molecule has 4 aromatic rings. The molecule has 0 fully saturated rings. The Labute approximate surface area is 251 Å². The van der Waals surface area contributed by atoms with E-state index in [1.165, 1.54) is 38.5 Å². The number of benzene rings is 4. The van der Waals surface area contributed by atoms with Gasteiger partial charge in [0.25, 0.3) is 17.7 Å². The highest BCUT2D eigenvalue weighted by Crippen LogP contribution is 2.38. The Morgan fingerprint density at radius 2 is 1.37 bits per heavy atom. The van der Waals surface area contributed by atoms with E-state index < -0.39 is 17.6 Å². The number of thioether (sulfide) groups is 1. The van der Waals surface area contributed by atoms with Crippen molar-refractivity contribution in [1.29, 1.82) is 0 Å². The highest BCUT2D eigenvalue weighted by atomic mass is 32.2. The molecular formula is C32H26FN3O6S. The highest BCUT2D eigenvalue weighted by molar-refractivity contribution is 8.04. The number of hydrogen-bond donors (Lipinski definition) is 2. The summed E-state index contributed by atoms with van der Waals surface area (Å²) >= 11 is 1.09. The van der Waals surface area contributed by atoms with E-state index in [1.54, 1.807) is 73.8 Å². The lowest BCUT2D eigenvalue weighted by atomic mass is 10.1. The van der Waals surface area contributed by atoms with Gasteiger partial charge in [-0.1, -0.05) is 11.8 Å². The minimum Gasteiger partial charge on any atom is -0.497 e. The van der Waals surface area contributed by atoms with Crippen LogP contribution in [0, 0.1) is 5.82 Å². The molecule has 9 nitrogen and oxygen atoms in total. The van der Waals surface area contributed by atoms with Crippen LogP contribution in [0.25, 0.3) is 0 Å². The van der Waals surface area contributed by atoms with Gasteiger partial charge in [0.2, 0.25) is 0 Å². The molecule has 1 aliphatic heterocycles. The fraction of sp³-hybridized carbons (Fsp3) is 0.0938. The summed E-state index contributed by atoms with van der Waals surface area (Å²) in [5.41, 5.74) is 1.74. The van der Waals surface area contributed by atoms with Gasteiger partial charge in [-0.3, -0.25) is 14.4 Å². The number of rotatable bonds is 10. The number of methoxy groups -OCH3 is 3. The fourth-order valence-electron chi connectivity index (χ4n) is 4.27. The van der Waals surface area contributed by atoms with E-state index in [4.69, 9.17) is 14.2 Å². The monoisotopic (exact) mass is 599 g/mol. The Morgan fingerprint density at radius 3 is 2.00 bits per heavy atom. The second-order valence-electron chi connectivity index (χ2n) is 9.13. The van der Waals surface area contributed by atoms with Gasteiger partial charge in [-0.2, -0.15) is 0 Å². The second kappa shape index (κ2) is 12.7. The van der Waals surface area contributed by atoms with Crippen LogP contribution >= 0.6 is 11.8 Å². The first-order valence-electron chi connectivity index (χ1n) is 12.9. The van der Waals surface area contributed by atoms with Gasteiger partial charge in [0.05, 0.1) is 32.6 Å². The van der Waals surface area contributed by atoms with E-state index in [9.17, 15) is 18.8 Å². The maximum absolute atomic E-state index is 13.6. The topological polar surface area (TPSA) is 106 Å². The molecule has 3 amide bonds. The van der Waals surface area contributed by atoms with Gasteiger partial charge >= 0.3 is 0 Å². The standard InChI is InChI=1S/C32H26FN3O6S/c1-40-23-12-6-20(7-13-23)34-28-29(32(39)36(31(28)38)22-10-4-19(33)5-11-22)43-25-15-8-21(9-16-25)35-30(37)26-17-14-24(41-2)18-27(26)42-3/h4-18,34H,1-3H3,(H,35,37). The van der Waals surface area contributed by atoms with Crippen molar-refractivity contribution >= 4 is 46.5 Å². The number of amides is 3. The summed E-state index contributed by atoms with van der Waals surface area (Å²) in [6.45, 7) is 0. The third-order valence-electron chi connectivity index (χ3n) is 6.47. The van der Waals surface area contributed by atoms with Gasteiger partial charge in [-0.05, 0) is 84.9 Å². The Bertz CT molecular complexity index is 1710. The quantitative estimate of drug-likeness (QED) is 0.211. The molecule has 0 saturated heterocycles. The first kappa shape index (κ1) is 29.2. The fourth-order valence-corrected chi connectivity index (χ4v) is 5.19. The van der Waals surface area contributed by atoms with Crippen LogP contribution in [0.5, 0.6) is 17.2 Å². The predicted octanol–water partition coefficient (Wildman–Crippen LogP) is 6.09. The van der Waals surface area contributed by atoms with Gasteiger partial charge in [-0.25, -0.2) is 9.29 Å². The SMILES string of the molecule is COc1ccc(NC2=C(Sc3ccc(NC(=O)c4ccc(OC)cc4OC)cc3)C(=O)N(c3ccc(F)cc3)C2=O)cc1. The molecule has 0 atom stereocenters. The Hall–Kier alpha value is -5.29. The average Bonchev–Trinajstić information content (AvgIpc) is 3.26. The van der Waals surface area contributed by atoms with Crippen LogP contribution in [0.3, 0.4) is 0 Å². The molecule has 0 unspecified atom stereocenters. The molecule has 4 aromatic carbocycles. The van der Waals surface area contributed by atoms with Crippen LogP contribution in [-0.2, 0) is 9.59 Å². The highest BCUT2D eigenvalue weighted by Gasteiger charge is 2.40. The first-order chi connectivity index (χ1) is 20.8. The molecular weight excluding hydrogens is 573 g/mol. The summed E-state index contributed by atoms with van der Waals surface area (Å²) in [4.78, 5) is 41.8. The zero-order valence-corrected chi connectivity index (χ0v) is 24.2. The third kappa shape index (κ3) is 6.31. The second-order valence-corrected chi connectivity index (χ2v) is 10.2. The van der Waals surface area contributed by atoms with Crippen molar-refractivity contribution in [3.63, 3.8) is 0 Å². The lowest BCUT2D eigenvalue weighted by Crippen LogP contribution is -2.32. The Kier molecular flexibility index (Phi) is 8.63. The normalized spacial score (nSPS) is 12.8. The number of imide groups is 1. The molecule has 2 N–H and O–H groups in total. The minimum absolute atomic E-state index is 0.0773. The van der Waals surface area contributed by atoms with E-state index in [-0.39, 0.29) is 22.2 Å². The van der Waals surface area contributed by atoms with Gasteiger partial charge in [-0.15, -0.1) is 0 Å². The summed E-state index contributed by atoms with van der Waals surface area (Å²) < 4.78 is 29.3. The maximum atomic E-state index is 13.6. The summed E-state index contributed by atoms with van der Waals surface area (Å²) in [5.74, 6) is -0.437. The van der Waals surface area contributed by atoms with Crippen molar-refractivity contribution in [2.45, 2.75) is 4.90 Å². The van der Waals surface area contributed by atoms with Crippen molar-refractivity contribution in [2.75, 3.05) is 36.9 Å². The smallest absolute Gasteiger partial charge is 0.283 e. The molecule has 1 heterocycles. The minimum atomic E-state index is -0.577. The van der Waals surface area contributed by atoms with Crippen molar-refractivity contribution in [2.24, 2.45) is 0 Å². The van der Waals surface area contributed by atoms with E-state index in [1.807, 2.05) is 0 Å². The Balaban J connectivity index is 1.39. The van der Waals surface area contributed by atoms with E-state index in [0.717, 1.165) is 16.7 Å². The Morgan fingerprint density at radius 1 is 0.744 bits per heavy atom. The van der Waals surface area contributed by atoms with Gasteiger partial charge in [0.1, 0.15) is 33.7 Å². The number of halogens is 1. The van der Waals surface area contributed by atoms with Crippen LogP contribution in [-0.4, -0.2) is 39.1 Å². The van der Waals surface area contributed by atoms with Crippen molar-refractivity contribution in [1.82, 2.24) is 0 Å². The number of nitrogens with zero attached hydrogens (tertiary/aromatic N) is 1. The number of anilines is 3. The predicted molar refractivity (Wildman–Crippen MR) is 162 cm³/mol. The van der Waals surface area contributed by atoms with E-state index in [0.29, 0.717) is 39.1 Å². The first-order valence-corrected chi connectivity index (χ1v) is 13.7. The molecule has 0 aliphatic carbocycles. The van der Waals surface area contributed by atoms with Crippen LogP contribution in [0.15, 0.2) is 106 Å². The molecule has 5 rings (SSSR count). The van der Waals surface area contributed by atoms with Crippen molar-refractivity contribution < 1.29 is 33.0 Å². The largest absolute Gasteiger partial charge is 0.497 e. The molecule has 0 saturated carbocycles. The molecule has 0 aromatic heterocycles. The summed E-state index contributed by atoms with van der Waals surface area (Å²) in [6.07, 6.45) is 0. The zero-order chi connectivity index (χ0) is 30.5. The van der Waals surface area contributed by atoms with Crippen molar-refractivity contribution in [3.05, 3.63) is 113 Å². The molecule has 0 radical (unpaired) electrons. The van der Waals surface area contributed by atoms with Crippen LogP contribution in [0.4, 0.5) is 21.5 Å². The molecule has 1 aliphatic rings. The molecule has 11 heteroatoms. The number of hydrogen-bond acceptors (Lipinski definition) is 8. The van der Waals surface area contributed by atoms with Crippen LogP contribution in [0.1, 0.15) is 10.4 Å². The third-order valence-corrected chi connectivity index (χ3v) is 7.56. The zero-order valence-electron chi connectivity index (χ0n) is 23.3. The lowest BCUT2D eigenvalue weighted by Gasteiger charge is -2.15. The number of nitrogens with one attached hydrogen (secondary N) is 2. The molecule has 0 spiro atoms. The van der Waals surface area contributed by atoms with E-state index in [2.05, 4.69) is 10.6 Å². The van der Waals surface area contributed by atoms with E-state index >= 15 is 0 Å². The lowest BCUT2D eigenvalue weighted by molar-refractivity contribution is -0.120. The summed E-state index contributed by atoms with van der Waals surface area (Å²) in [6, 6.07) is 23.7. The van der Waals surface area contributed by atoms with Gasteiger partial charge < -0.3 is 24.8 Å². The molecule has 0 bridgehead atoms. The van der Waals surface area contributed by atoms with Crippen molar-refractivity contribution in [3.8, 4) is 17.2 Å². The molecule has 218 valence electrons. The van der Waals surface area contributed by atoms with Crippen LogP contribution in [0.2, 0.25) is 0 Å². The van der Waals surface area contributed by atoms with Gasteiger partial charge in [0, 0.05) is 22.3 Å². The maximum Gasteiger partial charge on any atom is 0.283 e. The average molecular weight is 600 g/mol. The number of carbonyl (C=O) groups is 3. The number of ether oxygens (including phenoxy) is 3. The summed E-state index contributed by atoms with van der Waals surface area (Å²) in [5, 5.41) is 5.90. The number of carbonyl (C=O) groups excluding carboxylic acids is 3. The van der Waals surface area contributed by atoms with Crippen LogP contribution < -0.4 is 29.7 Å². The summed E-state index contributed by atoms with van der Waals surface area (Å²) in [7, 11) is 4.54.